The van der Waals surface area contributed by atoms with Gasteiger partial charge in [0.1, 0.15) is 12.1 Å². The first kappa shape index (κ1) is 22.9. The summed E-state index contributed by atoms with van der Waals surface area (Å²) in [5.74, 6) is -1.60. The van der Waals surface area contributed by atoms with E-state index in [9.17, 15) is 14.4 Å². The molecule has 2 atom stereocenters. The monoisotopic (exact) mass is 355 g/mol. The van der Waals surface area contributed by atoms with Crippen molar-refractivity contribution in [2.45, 2.75) is 78.7 Å². The van der Waals surface area contributed by atoms with Gasteiger partial charge in [0.15, 0.2) is 0 Å². The van der Waals surface area contributed by atoms with Crippen LogP contribution in [0.2, 0.25) is 0 Å². The van der Waals surface area contributed by atoms with E-state index in [0.717, 1.165) is 6.21 Å². The van der Waals surface area contributed by atoms with E-state index in [0.29, 0.717) is 0 Å². The highest BCUT2D eigenvalue weighted by atomic mass is 16.5. The first-order chi connectivity index (χ1) is 11.6. The Morgan fingerprint density at radius 1 is 1.08 bits per heavy atom. The molecule has 0 rings (SSSR count). The maximum absolute atomic E-state index is 12.5. The summed E-state index contributed by atoms with van der Waals surface area (Å²) in [6.07, 6.45) is -0.500. The van der Waals surface area contributed by atoms with E-state index in [-0.39, 0.29) is 31.0 Å². The number of amides is 1. The molecule has 0 fully saturated rings. The quantitative estimate of drug-likeness (QED) is 0.261. The number of carbonyl (C=O) groups is 3. The Labute approximate surface area is 148 Å². The van der Waals surface area contributed by atoms with Crippen molar-refractivity contribution in [1.82, 2.24) is 5.32 Å². The number of nitrogens with zero attached hydrogens (tertiary/aromatic N) is 2. The van der Waals surface area contributed by atoms with Crippen LogP contribution in [0.5, 0.6) is 0 Å². The smallest absolute Gasteiger partial charge is 0.328 e. The predicted molar refractivity (Wildman–Crippen MR) is 91.9 cm³/mol. The Morgan fingerprint density at radius 2 is 1.68 bits per heavy atom. The van der Waals surface area contributed by atoms with E-state index in [2.05, 4.69) is 10.1 Å². The van der Waals surface area contributed by atoms with E-state index in [4.69, 9.17) is 15.0 Å². The second-order valence-electron chi connectivity index (χ2n) is 6.65. The van der Waals surface area contributed by atoms with Crippen LogP contribution in [0.3, 0.4) is 0 Å². The van der Waals surface area contributed by atoms with Gasteiger partial charge in [-0.25, -0.2) is 4.79 Å². The average Bonchev–Trinajstić information content (AvgIpc) is 2.47. The average molecular weight is 355 g/mol. The van der Waals surface area contributed by atoms with E-state index in [1.54, 1.807) is 13.8 Å². The topological polar surface area (TPSA) is 118 Å². The lowest BCUT2D eigenvalue weighted by molar-refractivity contribution is -0.154. The summed E-state index contributed by atoms with van der Waals surface area (Å²) in [6.45, 7) is 10.7. The van der Waals surface area contributed by atoms with Crippen LogP contribution >= 0.6 is 0 Å². The molecule has 1 amide bonds. The molecular formula is C17H29N3O5. The van der Waals surface area contributed by atoms with Crippen molar-refractivity contribution in [3.8, 4) is 0 Å². The largest absolute Gasteiger partial charge is 0.461 e. The molecular weight excluding hydrogens is 326 g/mol. The molecule has 0 aliphatic heterocycles. The van der Waals surface area contributed by atoms with Crippen LogP contribution < -0.4 is 5.32 Å². The zero-order chi connectivity index (χ0) is 19.6. The maximum atomic E-state index is 12.5. The molecule has 25 heavy (non-hydrogen) atoms. The van der Waals surface area contributed by atoms with Crippen LogP contribution in [0, 0.1) is 5.92 Å². The standard InChI is InChI=1S/C17H29N3O5/c1-10(2)15(24-11(3)4)16(22)20-14(17(23)25-12(5)6)8-7-13(21)9-19-18/h9-12,14-15H,7-8H2,1-6H3,(H,20,22)/t14-,15-/m0/s1. The SMILES string of the molecule is CC(C)OC(=O)[C@H](CCC(=O)C=[N+]=[N-])NC(=O)[C@@H](OC(C)C)C(C)C. The lowest BCUT2D eigenvalue weighted by Gasteiger charge is -2.26. The number of rotatable bonds is 11. The molecule has 0 spiro atoms. The Kier molecular flexibility index (Phi) is 10.6. The summed E-state index contributed by atoms with van der Waals surface area (Å²) in [7, 11) is 0. The van der Waals surface area contributed by atoms with Gasteiger partial charge in [-0.05, 0) is 40.0 Å². The third kappa shape index (κ3) is 9.74. The van der Waals surface area contributed by atoms with Crippen molar-refractivity contribution in [2.24, 2.45) is 5.92 Å². The molecule has 0 aliphatic carbocycles. The number of Topliss-reactive ketones (excluding diaryl/α,β-unsaturated/α-hetero) is 1. The second-order valence-corrected chi connectivity index (χ2v) is 6.65. The van der Waals surface area contributed by atoms with E-state index in [1.807, 2.05) is 27.7 Å². The zero-order valence-electron chi connectivity index (χ0n) is 15.8. The number of hydrogen-bond donors (Lipinski definition) is 1. The van der Waals surface area contributed by atoms with Crippen LogP contribution in [0.4, 0.5) is 0 Å². The molecule has 0 unspecified atom stereocenters. The number of nitrogens with one attached hydrogen (secondary N) is 1. The molecule has 0 aromatic heterocycles. The molecule has 0 saturated carbocycles. The summed E-state index contributed by atoms with van der Waals surface area (Å²) in [5.41, 5.74) is 8.36. The number of carbonyl (C=O) groups excluding carboxylic acids is 3. The third-order valence-corrected chi connectivity index (χ3v) is 3.12. The van der Waals surface area contributed by atoms with Crippen molar-refractivity contribution in [3.05, 3.63) is 5.53 Å². The molecule has 0 radical (unpaired) electrons. The third-order valence-electron chi connectivity index (χ3n) is 3.12. The molecule has 0 aliphatic rings. The van der Waals surface area contributed by atoms with Gasteiger partial charge >= 0.3 is 12.2 Å². The fraction of sp³-hybridized carbons (Fsp3) is 0.765. The van der Waals surface area contributed by atoms with Gasteiger partial charge in [0.05, 0.1) is 12.2 Å². The molecule has 8 heteroatoms. The highest BCUT2D eigenvalue weighted by molar-refractivity contribution is 6.25. The van der Waals surface area contributed by atoms with Crippen molar-refractivity contribution < 1.29 is 28.6 Å². The molecule has 0 heterocycles. The lowest BCUT2D eigenvalue weighted by Crippen LogP contribution is -2.49. The Morgan fingerprint density at radius 3 is 2.12 bits per heavy atom. The van der Waals surface area contributed by atoms with Crippen LogP contribution in [0.25, 0.3) is 5.53 Å². The highest BCUT2D eigenvalue weighted by Gasteiger charge is 2.30. The fourth-order valence-corrected chi connectivity index (χ4v) is 2.05. The van der Waals surface area contributed by atoms with Crippen molar-refractivity contribution >= 4 is 23.9 Å². The lowest BCUT2D eigenvalue weighted by atomic mass is 10.0. The molecule has 0 aromatic carbocycles. The first-order valence-electron chi connectivity index (χ1n) is 8.45. The Bertz CT molecular complexity index is 510. The molecule has 142 valence electrons. The molecule has 0 bridgehead atoms. The molecule has 8 nitrogen and oxygen atoms in total. The number of hydrogen-bond acceptors (Lipinski definition) is 5. The normalized spacial score (nSPS) is 13.3. The predicted octanol–water partition coefficient (Wildman–Crippen LogP) is 1.52. The number of ketones is 1. The van der Waals surface area contributed by atoms with E-state index in [1.165, 1.54) is 0 Å². The summed E-state index contributed by atoms with van der Waals surface area (Å²) in [5, 5.41) is 2.61. The first-order valence-corrected chi connectivity index (χ1v) is 8.45. The minimum atomic E-state index is -0.983. The van der Waals surface area contributed by atoms with Crippen molar-refractivity contribution in [2.75, 3.05) is 0 Å². The summed E-state index contributed by atoms with van der Waals surface area (Å²) in [4.78, 5) is 38.8. The van der Waals surface area contributed by atoms with Crippen molar-refractivity contribution in [1.29, 1.82) is 0 Å². The van der Waals surface area contributed by atoms with Gasteiger partial charge in [-0.15, -0.1) is 0 Å². The van der Waals surface area contributed by atoms with Gasteiger partial charge in [-0.3, -0.25) is 9.59 Å². The minimum absolute atomic E-state index is 0.0363. The Balaban J connectivity index is 5.11. The molecule has 0 aromatic rings. The van der Waals surface area contributed by atoms with E-state index < -0.39 is 29.8 Å². The summed E-state index contributed by atoms with van der Waals surface area (Å²) >= 11 is 0. The van der Waals surface area contributed by atoms with Gasteiger partial charge in [0, 0.05) is 6.42 Å². The van der Waals surface area contributed by atoms with Crippen LogP contribution in [0.1, 0.15) is 54.4 Å². The second kappa shape index (κ2) is 11.5. The van der Waals surface area contributed by atoms with Gasteiger partial charge in [0.2, 0.25) is 11.7 Å². The maximum Gasteiger partial charge on any atom is 0.328 e. The van der Waals surface area contributed by atoms with Crippen LogP contribution in [0.15, 0.2) is 0 Å². The van der Waals surface area contributed by atoms with E-state index >= 15 is 0 Å². The zero-order valence-corrected chi connectivity index (χ0v) is 15.8. The fourth-order valence-electron chi connectivity index (χ4n) is 2.05. The number of esters is 1. The van der Waals surface area contributed by atoms with Gasteiger partial charge in [-0.1, -0.05) is 13.8 Å². The van der Waals surface area contributed by atoms with Gasteiger partial charge in [0.25, 0.3) is 0 Å². The highest BCUT2D eigenvalue weighted by Crippen LogP contribution is 2.11. The number of ether oxygens (including phenoxy) is 2. The Hall–Kier alpha value is -2.05. The molecule has 1 N–H and O–H groups in total. The van der Waals surface area contributed by atoms with Crippen LogP contribution in [-0.4, -0.2) is 53.0 Å². The molecule has 0 saturated heterocycles. The summed E-state index contributed by atoms with van der Waals surface area (Å²) < 4.78 is 10.8. The van der Waals surface area contributed by atoms with Gasteiger partial charge < -0.3 is 20.3 Å². The minimum Gasteiger partial charge on any atom is -0.461 e. The van der Waals surface area contributed by atoms with Gasteiger partial charge in [-0.2, -0.15) is 4.79 Å². The summed E-state index contributed by atoms with van der Waals surface area (Å²) in [6, 6.07) is -0.983. The van der Waals surface area contributed by atoms with Crippen molar-refractivity contribution in [3.63, 3.8) is 0 Å². The van der Waals surface area contributed by atoms with Crippen LogP contribution in [-0.2, 0) is 23.9 Å².